The maximum Gasteiger partial charge on any atom is 0.260 e. The quantitative estimate of drug-likeness (QED) is 0.826. The summed E-state index contributed by atoms with van der Waals surface area (Å²) in [6.45, 7) is 2.81. The van der Waals surface area contributed by atoms with Gasteiger partial charge in [-0.2, -0.15) is 0 Å². The van der Waals surface area contributed by atoms with E-state index in [1.165, 1.54) is 0 Å². The van der Waals surface area contributed by atoms with Gasteiger partial charge in [0.1, 0.15) is 5.75 Å². The Morgan fingerprint density at radius 2 is 2.28 bits per heavy atom. The number of hydrogen-bond donors (Lipinski definition) is 0. The Hall–Kier alpha value is -0.740. The lowest BCUT2D eigenvalue weighted by Crippen LogP contribution is -2.36. The Morgan fingerprint density at radius 3 is 2.83 bits per heavy atom. The molecule has 98 valence electrons. The number of hydrogen-bond acceptors (Lipinski definition) is 2. The van der Waals surface area contributed by atoms with Crippen molar-refractivity contribution in [2.24, 2.45) is 0 Å². The first-order valence-electron chi connectivity index (χ1n) is 5.99. The fourth-order valence-corrected chi connectivity index (χ4v) is 2.64. The normalized spacial score (nSPS) is 14.4. The van der Waals surface area contributed by atoms with E-state index < -0.39 is 0 Å². The minimum absolute atomic E-state index is 0.0434. The predicted molar refractivity (Wildman–Crippen MR) is 75.1 cm³/mol. The van der Waals surface area contributed by atoms with Crippen molar-refractivity contribution in [1.82, 2.24) is 4.90 Å². The number of likely N-dealkylation sites (N-methyl/N-ethyl adjacent to an activating group) is 1. The summed E-state index contributed by atoms with van der Waals surface area (Å²) in [4.78, 5) is 13.8. The number of carbonyl (C=O) groups is 1. The van der Waals surface area contributed by atoms with Gasteiger partial charge >= 0.3 is 0 Å². The molecule has 0 spiro atoms. The SMILES string of the molecule is CCN(C(=O)COc1ccc(Cl)cc1Br)C1CC1. The molecular formula is C13H15BrClNO2. The molecule has 0 saturated heterocycles. The van der Waals surface area contributed by atoms with Gasteiger partial charge in [-0.3, -0.25) is 4.79 Å². The molecule has 3 nitrogen and oxygen atoms in total. The molecule has 0 atom stereocenters. The van der Waals surface area contributed by atoms with E-state index in [2.05, 4.69) is 15.9 Å². The summed E-state index contributed by atoms with van der Waals surface area (Å²) in [5, 5.41) is 0.633. The van der Waals surface area contributed by atoms with Crippen LogP contribution < -0.4 is 4.74 Å². The fourth-order valence-electron chi connectivity index (χ4n) is 1.84. The number of halogens is 2. The Kier molecular flexibility index (Phi) is 4.51. The Bertz CT molecular complexity index is 449. The number of carbonyl (C=O) groups excluding carboxylic acids is 1. The second kappa shape index (κ2) is 5.93. The molecule has 1 amide bonds. The molecule has 0 N–H and O–H groups in total. The fraction of sp³-hybridized carbons (Fsp3) is 0.462. The molecular weight excluding hydrogens is 318 g/mol. The van der Waals surface area contributed by atoms with Crippen molar-refractivity contribution >= 4 is 33.4 Å². The first kappa shape index (κ1) is 13.7. The molecule has 0 aliphatic heterocycles. The number of ether oxygens (including phenoxy) is 1. The molecule has 0 radical (unpaired) electrons. The lowest BCUT2D eigenvalue weighted by Gasteiger charge is -2.20. The molecule has 0 unspecified atom stereocenters. The second-order valence-corrected chi connectivity index (χ2v) is 5.57. The van der Waals surface area contributed by atoms with Crippen LogP contribution in [0, 0.1) is 0 Å². The lowest BCUT2D eigenvalue weighted by molar-refractivity contribution is -0.133. The number of rotatable bonds is 5. The molecule has 5 heteroatoms. The number of benzene rings is 1. The average molecular weight is 333 g/mol. The van der Waals surface area contributed by atoms with Crippen molar-refractivity contribution in [2.75, 3.05) is 13.2 Å². The van der Waals surface area contributed by atoms with Crippen molar-refractivity contribution in [3.63, 3.8) is 0 Å². The van der Waals surface area contributed by atoms with E-state index in [4.69, 9.17) is 16.3 Å². The standard InChI is InChI=1S/C13H15BrClNO2/c1-2-16(10-4-5-10)13(17)8-18-12-6-3-9(15)7-11(12)14/h3,6-7,10H,2,4-5,8H2,1H3. The van der Waals surface area contributed by atoms with Gasteiger partial charge in [-0.1, -0.05) is 11.6 Å². The van der Waals surface area contributed by atoms with Crippen LogP contribution in [0.25, 0.3) is 0 Å². The summed E-state index contributed by atoms with van der Waals surface area (Å²) >= 11 is 9.20. The van der Waals surface area contributed by atoms with E-state index in [1.807, 2.05) is 11.8 Å². The summed E-state index contributed by atoms with van der Waals surface area (Å²) in [5.74, 6) is 0.682. The third-order valence-corrected chi connectivity index (χ3v) is 3.75. The summed E-state index contributed by atoms with van der Waals surface area (Å²) in [7, 11) is 0. The molecule has 0 bridgehead atoms. The highest BCUT2D eigenvalue weighted by molar-refractivity contribution is 9.10. The highest BCUT2D eigenvalue weighted by Crippen LogP contribution is 2.29. The van der Waals surface area contributed by atoms with Gasteiger partial charge in [-0.15, -0.1) is 0 Å². The van der Waals surface area contributed by atoms with Crippen LogP contribution in [-0.4, -0.2) is 30.0 Å². The summed E-state index contributed by atoms with van der Waals surface area (Å²) in [5.41, 5.74) is 0. The van der Waals surface area contributed by atoms with E-state index in [1.54, 1.807) is 18.2 Å². The van der Waals surface area contributed by atoms with E-state index in [9.17, 15) is 4.79 Å². The zero-order valence-electron chi connectivity index (χ0n) is 10.2. The molecule has 2 rings (SSSR count). The molecule has 0 aromatic heterocycles. The van der Waals surface area contributed by atoms with Crippen LogP contribution in [0.4, 0.5) is 0 Å². The topological polar surface area (TPSA) is 29.5 Å². The number of nitrogens with zero attached hydrogens (tertiary/aromatic N) is 1. The van der Waals surface area contributed by atoms with Crippen LogP contribution in [0.1, 0.15) is 19.8 Å². The van der Waals surface area contributed by atoms with Gasteiger partial charge in [-0.25, -0.2) is 0 Å². The minimum atomic E-state index is 0.0434. The summed E-state index contributed by atoms with van der Waals surface area (Å²) in [6.07, 6.45) is 2.23. The largest absolute Gasteiger partial charge is 0.483 e. The predicted octanol–water partition coefficient (Wildman–Crippen LogP) is 3.49. The average Bonchev–Trinajstić information content (AvgIpc) is 3.13. The molecule has 1 aromatic rings. The summed E-state index contributed by atoms with van der Waals surface area (Å²) < 4.78 is 6.28. The van der Waals surface area contributed by atoms with Crippen molar-refractivity contribution in [1.29, 1.82) is 0 Å². The van der Waals surface area contributed by atoms with Gasteiger partial charge in [0.25, 0.3) is 5.91 Å². The van der Waals surface area contributed by atoms with E-state index in [-0.39, 0.29) is 12.5 Å². The highest BCUT2D eigenvalue weighted by Gasteiger charge is 2.31. The van der Waals surface area contributed by atoms with Crippen molar-refractivity contribution in [3.8, 4) is 5.75 Å². The molecule has 1 fully saturated rings. The van der Waals surface area contributed by atoms with Crippen LogP contribution in [0.3, 0.4) is 0 Å². The molecule has 1 aliphatic rings. The molecule has 0 heterocycles. The van der Waals surface area contributed by atoms with Crippen molar-refractivity contribution in [2.45, 2.75) is 25.8 Å². The third kappa shape index (κ3) is 3.39. The third-order valence-electron chi connectivity index (χ3n) is 2.89. The van der Waals surface area contributed by atoms with Gasteiger partial charge in [0.2, 0.25) is 0 Å². The first-order valence-corrected chi connectivity index (χ1v) is 7.16. The maximum atomic E-state index is 12.0. The van der Waals surface area contributed by atoms with E-state index in [0.717, 1.165) is 23.9 Å². The second-order valence-electron chi connectivity index (χ2n) is 4.27. The Morgan fingerprint density at radius 1 is 1.56 bits per heavy atom. The van der Waals surface area contributed by atoms with E-state index >= 15 is 0 Å². The molecule has 1 aromatic carbocycles. The zero-order valence-corrected chi connectivity index (χ0v) is 12.5. The first-order chi connectivity index (χ1) is 8.61. The highest BCUT2D eigenvalue weighted by atomic mass is 79.9. The molecule has 18 heavy (non-hydrogen) atoms. The van der Waals surface area contributed by atoms with Gasteiger partial charge in [0.15, 0.2) is 6.61 Å². The molecule has 1 saturated carbocycles. The minimum Gasteiger partial charge on any atom is -0.483 e. The lowest BCUT2D eigenvalue weighted by atomic mass is 10.3. The van der Waals surface area contributed by atoms with Gasteiger partial charge < -0.3 is 9.64 Å². The Balaban J connectivity index is 1.92. The van der Waals surface area contributed by atoms with Crippen molar-refractivity contribution < 1.29 is 9.53 Å². The monoisotopic (exact) mass is 331 g/mol. The van der Waals surface area contributed by atoms with Crippen LogP contribution in [0.2, 0.25) is 5.02 Å². The zero-order chi connectivity index (χ0) is 13.1. The van der Waals surface area contributed by atoms with Crippen LogP contribution in [0.5, 0.6) is 5.75 Å². The van der Waals surface area contributed by atoms with Gasteiger partial charge in [0, 0.05) is 17.6 Å². The van der Waals surface area contributed by atoms with Crippen molar-refractivity contribution in [3.05, 3.63) is 27.7 Å². The Labute approximate surface area is 120 Å². The van der Waals surface area contributed by atoms with E-state index in [0.29, 0.717) is 16.8 Å². The summed E-state index contributed by atoms with van der Waals surface area (Å²) in [6, 6.07) is 5.68. The molecule has 1 aliphatic carbocycles. The van der Waals surface area contributed by atoms with Crippen LogP contribution >= 0.6 is 27.5 Å². The number of amides is 1. The van der Waals surface area contributed by atoms with Crippen LogP contribution in [0.15, 0.2) is 22.7 Å². The van der Waals surface area contributed by atoms with Gasteiger partial charge in [0.05, 0.1) is 4.47 Å². The smallest absolute Gasteiger partial charge is 0.260 e. The maximum absolute atomic E-state index is 12.0. The van der Waals surface area contributed by atoms with Crippen LogP contribution in [-0.2, 0) is 4.79 Å². The van der Waals surface area contributed by atoms with Gasteiger partial charge in [-0.05, 0) is 53.9 Å².